The van der Waals surface area contributed by atoms with Crippen molar-refractivity contribution in [3.05, 3.63) is 23.8 Å². The second kappa shape index (κ2) is 3.64. The molecule has 0 aromatic carbocycles. The first-order valence-electron chi connectivity index (χ1n) is 4.67. The zero-order valence-corrected chi connectivity index (χ0v) is 7.44. The lowest BCUT2D eigenvalue weighted by molar-refractivity contribution is 0.112. The average Bonchev–Trinajstić information content (AvgIpc) is 2.71. The first-order chi connectivity index (χ1) is 6.40. The van der Waals surface area contributed by atoms with Gasteiger partial charge in [0.1, 0.15) is 5.82 Å². The zero-order valence-electron chi connectivity index (χ0n) is 7.44. The van der Waals surface area contributed by atoms with Crippen LogP contribution in [-0.2, 0) is 0 Å². The quantitative estimate of drug-likeness (QED) is 0.647. The topological polar surface area (TPSA) is 42.9 Å². The van der Waals surface area contributed by atoms with Crippen molar-refractivity contribution in [3.8, 4) is 0 Å². The molecule has 1 aromatic rings. The fourth-order valence-electron chi connectivity index (χ4n) is 1.80. The molecule has 1 saturated carbocycles. The van der Waals surface area contributed by atoms with Crippen molar-refractivity contribution in [3.63, 3.8) is 0 Å². The molecule has 3 heteroatoms. The molecule has 13 heavy (non-hydrogen) atoms. The van der Waals surface area contributed by atoms with E-state index in [4.69, 9.17) is 0 Å². The van der Waals surface area contributed by atoms with Crippen LogP contribution >= 0.6 is 0 Å². The van der Waals surface area contributed by atoms with Crippen molar-refractivity contribution in [2.45, 2.75) is 31.6 Å². The van der Waals surface area contributed by atoms with Crippen molar-refractivity contribution in [2.75, 3.05) is 0 Å². The minimum absolute atomic E-state index is 0.528. The maximum atomic E-state index is 10.4. The molecule has 0 atom stereocenters. The molecule has 0 unspecified atom stereocenters. The van der Waals surface area contributed by atoms with Crippen LogP contribution < -0.4 is 0 Å². The standard InChI is InChI=1S/C10H12N2O/c13-7-8-5-11-10(12-6-8)9-3-1-2-4-9/h5-7,9H,1-4H2. The molecule has 68 valence electrons. The van der Waals surface area contributed by atoms with E-state index >= 15 is 0 Å². The molecule has 3 nitrogen and oxygen atoms in total. The van der Waals surface area contributed by atoms with E-state index in [1.54, 1.807) is 12.4 Å². The van der Waals surface area contributed by atoms with Gasteiger partial charge in [-0.3, -0.25) is 4.79 Å². The third-order valence-electron chi connectivity index (χ3n) is 2.55. The van der Waals surface area contributed by atoms with E-state index in [0.29, 0.717) is 11.5 Å². The molecule has 1 aliphatic carbocycles. The summed E-state index contributed by atoms with van der Waals surface area (Å²) in [5, 5.41) is 0. The van der Waals surface area contributed by atoms with Crippen molar-refractivity contribution >= 4 is 6.29 Å². The molecule has 1 fully saturated rings. The fraction of sp³-hybridized carbons (Fsp3) is 0.500. The lowest BCUT2D eigenvalue weighted by Crippen LogP contribution is -2.00. The van der Waals surface area contributed by atoms with E-state index < -0.39 is 0 Å². The molecule has 1 heterocycles. The van der Waals surface area contributed by atoms with Gasteiger partial charge in [0.25, 0.3) is 0 Å². The Morgan fingerprint density at radius 2 is 1.85 bits per heavy atom. The number of carbonyl (C=O) groups excluding carboxylic acids is 1. The Kier molecular flexibility index (Phi) is 2.34. The van der Waals surface area contributed by atoms with E-state index in [1.165, 1.54) is 25.7 Å². The Labute approximate surface area is 77.2 Å². The van der Waals surface area contributed by atoms with Crippen LogP contribution in [0, 0.1) is 0 Å². The van der Waals surface area contributed by atoms with E-state index in [9.17, 15) is 4.79 Å². The predicted octanol–water partition coefficient (Wildman–Crippen LogP) is 1.95. The summed E-state index contributed by atoms with van der Waals surface area (Å²) in [6.07, 6.45) is 8.94. The van der Waals surface area contributed by atoms with Crippen LogP contribution in [0.25, 0.3) is 0 Å². The van der Waals surface area contributed by atoms with Crippen LogP contribution in [0.15, 0.2) is 12.4 Å². The maximum absolute atomic E-state index is 10.4. The van der Waals surface area contributed by atoms with Gasteiger partial charge in [-0.2, -0.15) is 0 Å². The second-order valence-corrected chi connectivity index (χ2v) is 3.47. The molecule has 0 bridgehead atoms. The molecule has 0 N–H and O–H groups in total. The van der Waals surface area contributed by atoms with E-state index in [2.05, 4.69) is 9.97 Å². The number of nitrogens with zero attached hydrogens (tertiary/aromatic N) is 2. The highest BCUT2D eigenvalue weighted by molar-refractivity contribution is 5.73. The number of aldehydes is 1. The Bertz CT molecular complexity index is 288. The van der Waals surface area contributed by atoms with Gasteiger partial charge in [-0.15, -0.1) is 0 Å². The van der Waals surface area contributed by atoms with Crippen LogP contribution in [0.1, 0.15) is 47.8 Å². The number of aromatic nitrogens is 2. The van der Waals surface area contributed by atoms with Gasteiger partial charge in [-0.25, -0.2) is 9.97 Å². The van der Waals surface area contributed by atoms with Crippen LogP contribution in [0.5, 0.6) is 0 Å². The minimum atomic E-state index is 0.528. The zero-order chi connectivity index (χ0) is 9.10. The van der Waals surface area contributed by atoms with Crippen LogP contribution in [0.4, 0.5) is 0 Å². The summed E-state index contributed by atoms with van der Waals surface area (Å²) < 4.78 is 0. The van der Waals surface area contributed by atoms with Crippen LogP contribution in [0.2, 0.25) is 0 Å². The SMILES string of the molecule is O=Cc1cnc(C2CCCC2)nc1. The third-order valence-corrected chi connectivity index (χ3v) is 2.55. The summed E-state index contributed by atoms with van der Waals surface area (Å²) in [5.41, 5.74) is 0.557. The first-order valence-corrected chi connectivity index (χ1v) is 4.67. The van der Waals surface area contributed by atoms with Crippen LogP contribution in [-0.4, -0.2) is 16.3 Å². The van der Waals surface area contributed by atoms with Gasteiger partial charge in [0.05, 0.1) is 5.56 Å². The van der Waals surface area contributed by atoms with Crippen LogP contribution in [0.3, 0.4) is 0 Å². The molecule has 1 aliphatic rings. The third kappa shape index (κ3) is 1.74. The average molecular weight is 176 g/mol. The van der Waals surface area contributed by atoms with Crippen molar-refractivity contribution < 1.29 is 4.79 Å². The summed E-state index contributed by atoms with van der Waals surface area (Å²) in [5.74, 6) is 1.43. The highest BCUT2D eigenvalue weighted by Crippen LogP contribution is 2.31. The number of hydrogen-bond acceptors (Lipinski definition) is 3. The molecule has 0 spiro atoms. The monoisotopic (exact) mass is 176 g/mol. The van der Waals surface area contributed by atoms with E-state index in [-0.39, 0.29) is 0 Å². The van der Waals surface area contributed by atoms with Gasteiger partial charge in [0.2, 0.25) is 0 Å². The largest absolute Gasteiger partial charge is 0.298 e. The molecule has 0 amide bonds. The summed E-state index contributed by atoms with van der Waals surface area (Å²) in [4.78, 5) is 18.7. The summed E-state index contributed by atoms with van der Waals surface area (Å²) >= 11 is 0. The van der Waals surface area contributed by atoms with E-state index in [1.807, 2.05) is 0 Å². The van der Waals surface area contributed by atoms with Gasteiger partial charge >= 0.3 is 0 Å². The van der Waals surface area contributed by atoms with Gasteiger partial charge in [0, 0.05) is 18.3 Å². The lowest BCUT2D eigenvalue weighted by Gasteiger charge is -2.05. The number of hydrogen-bond donors (Lipinski definition) is 0. The summed E-state index contributed by atoms with van der Waals surface area (Å²) in [6.45, 7) is 0. The lowest BCUT2D eigenvalue weighted by atomic mass is 10.1. The highest BCUT2D eigenvalue weighted by Gasteiger charge is 2.18. The maximum Gasteiger partial charge on any atom is 0.153 e. The fourth-order valence-corrected chi connectivity index (χ4v) is 1.80. The normalized spacial score (nSPS) is 17.5. The summed E-state index contributed by atoms with van der Waals surface area (Å²) in [6, 6.07) is 0. The molecule has 2 rings (SSSR count). The van der Waals surface area contributed by atoms with E-state index in [0.717, 1.165) is 12.1 Å². The number of carbonyl (C=O) groups is 1. The van der Waals surface area contributed by atoms with Gasteiger partial charge in [-0.1, -0.05) is 12.8 Å². The van der Waals surface area contributed by atoms with Crippen molar-refractivity contribution in [1.82, 2.24) is 9.97 Å². The Hall–Kier alpha value is -1.25. The summed E-state index contributed by atoms with van der Waals surface area (Å²) in [7, 11) is 0. The second-order valence-electron chi connectivity index (χ2n) is 3.47. The molecule has 1 aromatic heterocycles. The van der Waals surface area contributed by atoms with Gasteiger partial charge in [-0.05, 0) is 12.8 Å². The molecule has 0 radical (unpaired) electrons. The van der Waals surface area contributed by atoms with Crippen molar-refractivity contribution in [1.29, 1.82) is 0 Å². The minimum Gasteiger partial charge on any atom is -0.298 e. The van der Waals surface area contributed by atoms with Crippen molar-refractivity contribution in [2.24, 2.45) is 0 Å². The highest BCUT2D eigenvalue weighted by atomic mass is 16.1. The Morgan fingerprint density at radius 3 is 2.38 bits per heavy atom. The molecular weight excluding hydrogens is 164 g/mol. The Balaban J connectivity index is 2.16. The smallest absolute Gasteiger partial charge is 0.153 e. The Morgan fingerprint density at radius 1 is 1.23 bits per heavy atom. The molecular formula is C10H12N2O. The number of rotatable bonds is 2. The molecule has 0 aliphatic heterocycles. The predicted molar refractivity (Wildman–Crippen MR) is 48.6 cm³/mol. The van der Waals surface area contributed by atoms with Gasteiger partial charge < -0.3 is 0 Å². The van der Waals surface area contributed by atoms with Gasteiger partial charge in [0.15, 0.2) is 6.29 Å². The molecule has 0 saturated heterocycles. The first kappa shape index (κ1) is 8.35.